The van der Waals surface area contributed by atoms with Crippen molar-refractivity contribution in [1.29, 1.82) is 0 Å². The van der Waals surface area contributed by atoms with Gasteiger partial charge in [0.15, 0.2) is 5.82 Å². The minimum Gasteiger partial charge on any atom is -0.321 e. The summed E-state index contributed by atoms with van der Waals surface area (Å²) in [5.74, 6) is 3.29. The molecular formula is C13H22N4. The molecule has 0 spiro atoms. The summed E-state index contributed by atoms with van der Waals surface area (Å²) in [5.41, 5.74) is 6.16. The SMILES string of the molecule is CC1CC(N)c2nc(C3CCCCC3)nn2C1. The summed E-state index contributed by atoms with van der Waals surface area (Å²) in [5, 5.41) is 4.70. The molecule has 0 radical (unpaired) electrons. The van der Waals surface area contributed by atoms with E-state index in [2.05, 4.69) is 11.6 Å². The minimum absolute atomic E-state index is 0.0867. The lowest BCUT2D eigenvalue weighted by molar-refractivity contribution is 0.324. The van der Waals surface area contributed by atoms with Crippen LogP contribution in [0.2, 0.25) is 0 Å². The second-order valence-corrected chi connectivity index (χ2v) is 5.79. The lowest BCUT2D eigenvalue weighted by Crippen LogP contribution is -2.27. The van der Waals surface area contributed by atoms with Crippen molar-refractivity contribution in [3.8, 4) is 0 Å². The van der Waals surface area contributed by atoms with E-state index in [1.54, 1.807) is 0 Å². The normalized spacial score (nSPS) is 30.2. The van der Waals surface area contributed by atoms with E-state index >= 15 is 0 Å². The van der Waals surface area contributed by atoms with Crippen LogP contribution in [0.5, 0.6) is 0 Å². The molecular weight excluding hydrogens is 212 g/mol. The predicted molar refractivity (Wildman–Crippen MR) is 66.6 cm³/mol. The Bertz CT molecular complexity index is 392. The molecule has 1 aliphatic heterocycles. The molecule has 1 aromatic rings. The van der Waals surface area contributed by atoms with Crippen molar-refractivity contribution in [3.05, 3.63) is 11.6 Å². The maximum Gasteiger partial charge on any atom is 0.154 e. The zero-order valence-electron chi connectivity index (χ0n) is 10.6. The number of nitrogens with two attached hydrogens (primary N) is 1. The zero-order chi connectivity index (χ0) is 11.8. The Labute approximate surface area is 103 Å². The Morgan fingerprint density at radius 1 is 1.24 bits per heavy atom. The average molecular weight is 234 g/mol. The molecule has 0 saturated heterocycles. The molecule has 2 heterocycles. The van der Waals surface area contributed by atoms with Gasteiger partial charge in [0.25, 0.3) is 0 Å². The van der Waals surface area contributed by atoms with Gasteiger partial charge < -0.3 is 5.73 Å². The predicted octanol–water partition coefficient (Wildman–Crippen LogP) is 2.37. The van der Waals surface area contributed by atoms with Crippen molar-refractivity contribution in [3.63, 3.8) is 0 Å². The molecule has 1 saturated carbocycles. The number of hydrogen-bond donors (Lipinski definition) is 1. The highest BCUT2D eigenvalue weighted by molar-refractivity contribution is 5.06. The molecule has 94 valence electrons. The van der Waals surface area contributed by atoms with Crippen LogP contribution in [0.3, 0.4) is 0 Å². The summed E-state index contributed by atoms with van der Waals surface area (Å²) in [6.07, 6.45) is 7.60. The van der Waals surface area contributed by atoms with Crippen molar-refractivity contribution < 1.29 is 0 Å². The molecule has 0 aromatic carbocycles. The molecule has 2 aliphatic rings. The van der Waals surface area contributed by atoms with Crippen molar-refractivity contribution >= 4 is 0 Å². The second-order valence-electron chi connectivity index (χ2n) is 5.79. The molecule has 3 rings (SSSR count). The van der Waals surface area contributed by atoms with Gasteiger partial charge in [-0.3, -0.25) is 0 Å². The summed E-state index contributed by atoms with van der Waals surface area (Å²) in [6.45, 7) is 3.23. The second kappa shape index (κ2) is 4.41. The molecule has 1 aliphatic carbocycles. The molecule has 0 bridgehead atoms. The molecule has 2 atom stereocenters. The molecule has 17 heavy (non-hydrogen) atoms. The van der Waals surface area contributed by atoms with Crippen LogP contribution in [-0.2, 0) is 6.54 Å². The van der Waals surface area contributed by atoms with Gasteiger partial charge in [0.1, 0.15) is 5.82 Å². The topological polar surface area (TPSA) is 56.7 Å². The van der Waals surface area contributed by atoms with Gasteiger partial charge in [-0.05, 0) is 25.2 Å². The first-order chi connectivity index (χ1) is 8.24. The third-order valence-corrected chi connectivity index (χ3v) is 4.16. The third kappa shape index (κ3) is 2.10. The fourth-order valence-electron chi connectivity index (χ4n) is 3.22. The number of rotatable bonds is 1. The Kier molecular flexibility index (Phi) is 2.90. The Balaban J connectivity index is 1.85. The van der Waals surface area contributed by atoms with Gasteiger partial charge in [-0.25, -0.2) is 9.67 Å². The van der Waals surface area contributed by atoms with E-state index in [1.807, 2.05) is 0 Å². The van der Waals surface area contributed by atoms with Crippen molar-refractivity contribution in [2.75, 3.05) is 0 Å². The Morgan fingerprint density at radius 2 is 2.00 bits per heavy atom. The van der Waals surface area contributed by atoms with Gasteiger partial charge >= 0.3 is 0 Å². The first-order valence-electron chi connectivity index (χ1n) is 6.94. The van der Waals surface area contributed by atoms with Gasteiger partial charge in [0.2, 0.25) is 0 Å². The smallest absolute Gasteiger partial charge is 0.154 e. The summed E-state index contributed by atoms with van der Waals surface area (Å²) in [4.78, 5) is 4.72. The van der Waals surface area contributed by atoms with Crippen LogP contribution >= 0.6 is 0 Å². The molecule has 2 unspecified atom stereocenters. The fraction of sp³-hybridized carbons (Fsp3) is 0.846. The van der Waals surface area contributed by atoms with Crippen LogP contribution in [0.15, 0.2) is 0 Å². The van der Waals surface area contributed by atoms with Crippen molar-refractivity contribution in [2.24, 2.45) is 11.7 Å². The lowest BCUT2D eigenvalue weighted by Gasteiger charge is -2.23. The molecule has 1 aromatic heterocycles. The van der Waals surface area contributed by atoms with E-state index < -0.39 is 0 Å². The first kappa shape index (κ1) is 11.2. The molecule has 2 N–H and O–H groups in total. The van der Waals surface area contributed by atoms with Gasteiger partial charge in [0, 0.05) is 12.5 Å². The van der Waals surface area contributed by atoms with Crippen LogP contribution in [0.4, 0.5) is 0 Å². The number of hydrogen-bond acceptors (Lipinski definition) is 3. The lowest BCUT2D eigenvalue weighted by atomic mass is 9.89. The van der Waals surface area contributed by atoms with E-state index in [-0.39, 0.29) is 6.04 Å². The fourth-order valence-corrected chi connectivity index (χ4v) is 3.22. The van der Waals surface area contributed by atoms with Gasteiger partial charge in [0.05, 0.1) is 6.04 Å². The highest BCUT2D eigenvalue weighted by Crippen LogP contribution is 2.33. The maximum atomic E-state index is 6.16. The van der Waals surface area contributed by atoms with E-state index in [9.17, 15) is 0 Å². The van der Waals surface area contributed by atoms with E-state index in [4.69, 9.17) is 15.8 Å². The summed E-state index contributed by atoms with van der Waals surface area (Å²) in [7, 11) is 0. The number of fused-ring (bicyclic) bond motifs is 1. The van der Waals surface area contributed by atoms with Crippen LogP contribution in [-0.4, -0.2) is 14.8 Å². The molecule has 4 nitrogen and oxygen atoms in total. The first-order valence-corrected chi connectivity index (χ1v) is 6.94. The summed E-state index contributed by atoms with van der Waals surface area (Å²) >= 11 is 0. The van der Waals surface area contributed by atoms with E-state index in [0.717, 1.165) is 24.6 Å². The standard InChI is InChI=1S/C13H22N4/c1-9-7-11(14)13-15-12(16-17(13)8-9)10-5-3-2-4-6-10/h9-11H,2-8,14H2,1H3. The minimum atomic E-state index is 0.0867. The largest absolute Gasteiger partial charge is 0.321 e. The molecule has 4 heteroatoms. The Hall–Kier alpha value is -0.900. The number of aromatic nitrogens is 3. The van der Waals surface area contributed by atoms with Crippen molar-refractivity contribution in [1.82, 2.24) is 14.8 Å². The van der Waals surface area contributed by atoms with Crippen LogP contribution in [0.25, 0.3) is 0 Å². The van der Waals surface area contributed by atoms with Gasteiger partial charge in [-0.15, -0.1) is 0 Å². The molecule has 0 amide bonds. The summed E-state index contributed by atoms with van der Waals surface area (Å²) < 4.78 is 2.06. The third-order valence-electron chi connectivity index (χ3n) is 4.16. The highest BCUT2D eigenvalue weighted by atomic mass is 15.4. The van der Waals surface area contributed by atoms with Crippen LogP contribution in [0.1, 0.15) is 69.1 Å². The average Bonchev–Trinajstić information content (AvgIpc) is 2.74. The van der Waals surface area contributed by atoms with E-state index in [0.29, 0.717) is 11.8 Å². The Morgan fingerprint density at radius 3 is 2.76 bits per heavy atom. The van der Waals surface area contributed by atoms with Crippen molar-refractivity contribution in [2.45, 2.75) is 64.0 Å². The zero-order valence-corrected chi connectivity index (χ0v) is 10.6. The number of nitrogens with zero attached hydrogens (tertiary/aromatic N) is 3. The van der Waals surface area contributed by atoms with Gasteiger partial charge in [-0.2, -0.15) is 5.10 Å². The monoisotopic (exact) mass is 234 g/mol. The van der Waals surface area contributed by atoms with E-state index in [1.165, 1.54) is 32.1 Å². The summed E-state index contributed by atoms with van der Waals surface area (Å²) in [6, 6.07) is 0.0867. The highest BCUT2D eigenvalue weighted by Gasteiger charge is 2.28. The van der Waals surface area contributed by atoms with Crippen LogP contribution in [0, 0.1) is 5.92 Å². The molecule has 1 fully saturated rings. The van der Waals surface area contributed by atoms with Gasteiger partial charge in [-0.1, -0.05) is 26.2 Å². The van der Waals surface area contributed by atoms with Crippen LogP contribution < -0.4 is 5.73 Å². The quantitative estimate of drug-likeness (QED) is 0.811. The maximum absolute atomic E-state index is 6.16.